The number of ether oxygens (including phenoxy) is 1. The van der Waals surface area contributed by atoms with E-state index in [0.717, 1.165) is 42.0 Å². The summed E-state index contributed by atoms with van der Waals surface area (Å²) in [5.74, 6) is -0.250. The Kier molecular flexibility index (Phi) is 6.27. The first-order valence-electron chi connectivity index (χ1n) is 10.1. The number of pyridine rings is 1. The lowest BCUT2D eigenvalue weighted by atomic mass is 10.0. The van der Waals surface area contributed by atoms with E-state index in [4.69, 9.17) is 26.4 Å². The Balaban J connectivity index is 1.60. The van der Waals surface area contributed by atoms with E-state index in [2.05, 4.69) is 17.0 Å². The molecule has 1 aromatic carbocycles. The van der Waals surface area contributed by atoms with Crippen molar-refractivity contribution in [2.75, 3.05) is 26.7 Å². The predicted molar refractivity (Wildman–Crippen MR) is 119 cm³/mol. The normalized spacial score (nSPS) is 14.6. The molecule has 0 saturated carbocycles. The van der Waals surface area contributed by atoms with Gasteiger partial charge in [0.15, 0.2) is 0 Å². The predicted octanol–water partition coefficient (Wildman–Crippen LogP) is 3.72. The van der Waals surface area contributed by atoms with E-state index in [1.165, 1.54) is 5.57 Å². The van der Waals surface area contributed by atoms with Gasteiger partial charge in [-0.1, -0.05) is 17.7 Å². The minimum Gasteiger partial charge on any atom is -0.495 e. The first-order valence-corrected chi connectivity index (χ1v) is 10.5. The van der Waals surface area contributed by atoms with Crippen molar-refractivity contribution in [3.05, 3.63) is 58.9 Å². The van der Waals surface area contributed by atoms with Crippen LogP contribution >= 0.6 is 11.6 Å². The lowest BCUT2D eigenvalue weighted by Gasteiger charge is -2.25. The van der Waals surface area contributed by atoms with Crippen molar-refractivity contribution in [3.8, 4) is 17.0 Å². The van der Waals surface area contributed by atoms with Gasteiger partial charge in [-0.15, -0.1) is 0 Å². The molecule has 162 valence electrons. The largest absolute Gasteiger partial charge is 0.495 e. The van der Waals surface area contributed by atoms with Crippen molar-refractivity contribution in [3.63, 3.8) is 0 Å². The topological polar surface area (TPSA) is 87.3 Å². The summed E-state index contributed by atoms with van der Waals surface area (Å²) in [6.45, 7) is 2.01. The highest BCUT2D eigenvalue weighted by Gasteiger charge is 2.16. The highest BCUT2D eigenvalue weighted by molar-refractivity contribution is 6.32. The minimum absolute atomic E-state index is 0.146. The van der Waals surface area contributed by atoms with Gasteiger partial charge < -0.3 is 19.4 Å². The highest BCUT2D eigenvalue weighted by Crippen LogP contribution is 2.34. The van der Waals surface area contributed by atoms with Gasteiger partial charge >= 0.3 is 5.97 Å². The summed E-state index contributed by atoms with van der Waals surface area (Å²) in [6, 6.07) is 7.61. The number of hydrogen-bond donors (Lipinski definition) is 2. The van der Waals surface area contributed by atoms with Gasteiger partial charge in [-0.3, -0.25) is 9.69 Å². The Hall–Kier alpha value is -2.87. The zero-order valence-electron chi connectivity index (χ0n) is 17.2. The van der Waals surface area contributed by atoms with E-state index < -0.39 is 5.97 Å². The number of carboxylic acid groups (broad SMARTS) is 1. The smallest absolute Gasteiger partial charge is 0.304 e. The molecule has 0 spiro atoms. The average molecular weight is 442 g/mol. The highest BCUT2D eigenvalue weighted by atomic mass is 35.5. The van der Waals surface area contributed by atoms with Crippen LogP contribution in [0.2, 0.25) is 5.02 Å². The van der Waals surface area contributed by atoms with Crippen LogP contribution in [-0.4, -0.2) is 57.2 Å². The maximum absolute atomic E-state index is 10.8. The lowest BCUT2D eigenvalue weighted by molar-refractivity contribution is -0.137. The fourth-order valence-corrected chi connectivity index (χ4v) is 4.10. The molecule has 0 unspecified atom stereocenters. The van der Waals surface area contributed by atoms with Gasteiger partial charge in [-0.25, -0.2) is 4.98 Å². The van der Waals surface area contributed by atoms with Crippen molar-refractivity contribution < 1.29 is 19.7 Å². The summed E-state index contributed by atoms with van der Waals surface area (Å²) in [7, 11) is 1.54. The monoisotopic (exact) mass is 441 g/mol. The first-order chi connectivity index (χ1) is 15.0. The second-order valence-electron chi connectivity index (χ2n) is 7.53. The molecule has 3 heterocycles. The van der Waals surface area contributed by atoms with Crippen LogP contribution < -0.4 is 4.74 Å². The van der Waals surface area contributed by atoms with Crippen LogP contribution in [0, 0.1) is 0 Å². The molecule has 31 heavy (non-hydrogen) atoms. The Morgan fingerprint density at radius 3 is 2.84 bits per heavy atom. The maximum atomic E-state index is 10.8. The van der Waals surface area contributed by atoms with E-state index in [9.17, 15) is 9.90 Å². The van der Waals surface area contributed by atoms with Crippen LogP contribution in [0.4, 0.5) is 0 Å². The van der Waals surface area contributed by atoms with E-state index in [0.29, 0.717) is 22.9 Å². The number of carboxylic acids is 1. The van der Waals surface area contributed by atoms with E-state index in [-0.39, 0.29) is 13.0 Å². The third-order valence-electron chi connectivity index (χ3n) is 5.59. The molecule has 1 aliphatic rings. The number of carbonyl (C=O) groups is 1. The standard InChI is InChI=1S/C23H24ClN3O4/c1-31-21-10-17(14-28)18(12-19(21)24)20-13-27-9-4-16(11-22(27)25-20)15-2-6-26(7-3-15)8-5-23(29)30/h2,4,9-13,28H,3,5-8,14H2,1H3,(H,29,30). The number of hydrogen-bond acceptors (Lipinski definition) is 5. The molecule has 0 radical (unpaired) electrons. The molecule has 8 heteroatoms. The molecule has 2 N–H and O–H groups in total. The molecule has 2 aromatic heterocycles. The molecule has 0 amide bonds. The number of aliphatic carboxylic acids is 1. The molecule has 0 bridgehead atoms. The van der Waals surface area contributed by atoms with E-state index >= 15 is 0 Å². The second-order valence-corrected chi connectivity index (χ2v) is 7.94. The van der Waals surface area contributed by atoms with Gasteiger partial charge in [0, 0.05) is 37.6 Å². The summed E-state index contributed by atoms with van der Waals surface area (Å²) in [5, 5.41) is 19.1. The number of aromatic nitrogens is 2. The maximum Gasteiger partial charge on any atom is 0.304 e. The summed E-state index contributed by atoms with van der Waals surface area (Å²) in [5.41, 5.74) is 5.34. The zero-order valence-corrected chi connectivity index (χ0v) is 18.0. The third kappa shape index (κ3) is 4.58. The van der Waals surface area contributed by atoms with Gasteiger partial charge in [0.25, 0.3) is 0 Å². The fraction of sp³-hybridized carbons (Fsp3) is 0.304. The Labute approximate surface area is 185 Å². The zero-order chi connectivity index (χ0) is 22.0. The molecule has 1 aliphatic heterocycles. The van der Waals surface area contributed by atoms with Crippen LogP contribution in [0.15, 0.2) is 42.7 Å². The van der Waals surface area contributed by atoms with Gasteiger partial charge in [-0.05, 0) is 47.4 Å². The number of aliphatic hydroxyl groups excluding tert-OH is 1. The minimum atomic E-state index is -0.766. The van der Waals surface area contributed by atoms with E-state index in [1.54, 1.807) is 19.2 Å². The van der Waals surface area contributed by atoms with Crippen molar-refractivity contribution in [2.45, 2.75) is 19.4 Å². The number of imidazole rings is 1. The summed E-state index contributed by atoms with van der Waals surface area (Å²) < 4.78 is 7.19. The third-order valence-corrected chi connectivity index (χ3v) is 5.89. The summed E-state index contributed by atoms with van der Waals surface area (Å²) in [4.78, 5) is 17.7. The SMILES string of the molecule is COc1cc(CO)c(-c2cn3ccc(C4=CCN(CCC(=O)O)CC4)cc3n2)cc1Cl. The van der Waals surface area contributed by atoms with Gasteiger partial charge in [0.1, 0.15) is 11.4 Å². The molecule has 3 aromatic rings. The van der Waals surface area contributed by atoms with Crippen molar-refractivity contribution in [2.24, 2.45) is 0 Å². The molecule has 0 saturated heterocycles. The number of rotatable bonds is 7. The van der Waals surface area contributed by atoms with E-state index in [1.807, 2.05) is 22.9 Å². The first kappa shape index (κ1) is 21.4. The number of fused-ring (bicyclic) bond motifs is 1. The Morgan fingerprint density at radius 1 is 1.32 bits per heavy atom. The molecule has 7 nitrogen and oxygen atoms in total. The number of methoxy groups -OCH3 is 1. The molecule has 0 aliphatic carbocycles. The van der Waals surface area contributed by atoms with Crippen LogP contribution in [0.5, 0.6) is 5.75 Å². The Bertz CT molecular complexity index is 1160. The molecular formula is C23H24ClN3O4. The number of nitrogens with zero attached hydrogens (tertiary/aromatic N) is 3. The summed E-state index contributed by atoms with van der Waals surface area (Å²) >= 11 is 6.30. The van der Waals surface area contributed by atoms with Crippen molar-refractivity contribution >= 4 is 28.8 Å². The second kappa shape index (κ2) is 9.09. The van der Waals surface area contributed by atoms with Gasteiger partial charge in [0.05, 0.1) is 30.9 Å². The fourth-order valence-electron chi connectivity index (χ4n) is 3.86. The molecule has 0 fully saturated rings. The Morgan fingerprint density at radius 2 is 2.16 bits per heavy atom. The molecular weight excluding hydrogens is 418 g/mol. The van der Waals surface area contributed by atoms with Crippen molar-refractivity contribution in [1.29, 1.82) is 0 Å². The lowest BCUT2D eigenvalue weighted by Crippen LogP contribution is -2.30. The quantitative estimate of drug-likeness (QED) is 0.581. The van der Waals surface area contributed by atoms with Crippen LogP contribution in [0.25, 0.3) is 22.5 Å². The van der Waals surface area contributed by atoms with Crippen LogP contribution in [0.3, 0.4) is 0 Å². The van der Waals surface area contributed by atoms with Crippen molar-refractivity contribution in [1.82, 2.24) is 14.3 Å². The number of aliphatic hydroxyl groups is 1. The number of benzene rings is 1. The van der Waals surface area contributed by atoms with Gasteiger partial charge in [-0.2, -0.15) is 0 Å². The number of halogens is 1. The van der Waals surface area contributed by atoms with Gasteiger partial charge in [0.2, 0.25) is 0 Å². The average Bonchev–Trinajstić information content (AvgIpc) is 3.21. The van der Waals surface area contributed by atoms with Crippen LogP contribution in [-0.2, 0) is 11.4 Å². The van der Waals surface area contributed by atoms with Crippen LogP contribution in [0.1, 0.15) is 24.0 Å². The summed E-state index contributed by atoms with van der Waals surface area (Å²) in [6.07, 6.45) is 7.08. The molecule has 4 rings (SSSR count). The molecule has 0 atom stereocenters.